The Morgan fingerprint density at radius 1 is 1.09 bits per heavy atom. The smallest absolute Gasteiger partial charge is 0.368 e. The second kappa shape index (κ2) is 11.7. The maximum absolute atomic E-state index is 13.6. The summed E-state index contributed by atoms with van der Waals surface area (Å²) in [4.78, 5) is 32.2. The van der Waals surface area contributed by atoms with E-state index in [4.69, 9.17) is 0 Å². The molecule has 3 aromatic heterocycles. The predicted octanol–water partition coefficient (Wildman–Crippen LogP) is 5.39. The zero-order valence-electron chi connectivity index (χ0n) is 20.0. The lowest BCUT2D eigenvalue weighted by molar-refractivity contribution is -0.137. The molecule has 1 atom stereocenters. The average Bonchev–Trinajstić information content (AvgIpc) is 2.88. The first-order valence-electron chi connectivity index (χ1n) is 11.7. The van der Waals surface area contributed by atoms with Crippen LogP contribution in [-0.4, -0.2) is 49.9 Å². The normalized spacial score (nSPS) is 15.7. The van der Waals surface area contributed by atoms with E-state index in [0.717, 1.165) is 31.5 Å². The number of alkyl halides is 3. The van der Waals surface area contributed by atoms with Crippen molar-refractivity contribution < 1.29 is 18.0 Å². The van der Waals surface area contributed by atoms with E-state index in [1.807, 2.05) is 26.8 Å². The largest absolute Gasteiger partial charge is 0.417 e. The first kappa shape index (κ1) is 26.1. The molecular weight excluding hydrogens is 457 g/mol. The first-order chi connectivity index (χ1) is 16.8. The Labute approximate surface area is 202 Å². The molecular formula is C25H29F3N6O. The number of rotatable bonds is 5. The number of amides is 1. The second-order valence-electron chi connectivity index (χ2n) is 7.88. The molecule has 7 nitrogen and oxygen atoms in total. The van der Waals surface area contributed by atoms with Crippen molar-refractivity contribution in [1.82, 2.24) is 24.8 Å². The minimum absolute atomic E-state index is 0.151. The van der Waals surface area contributed by atoms with Crippen molar-refractivity contribution in [2.24, 2.45) is 0 Å². The fourth-order valence-corrected chi connectivity index (χ4v) is 3.84. The molecule has 0 spiro atoms. The molecule has 35 heavy (non-hydrogen) atoms. The highest BCUT2D eigenvalue weighted by molar-refractivity contribution is 5.98. The lowest BCUT2D eigenvalue weighted by atomic mass is 10.0. The fourth-order valence-electron chi connectivity index (χ4n) is 3.84. The standard InChI is InChI=1S/C23H23F3N6O.C2H6/c1-15-6-8-18(21-27-10-4-11-28-21)20(31-15)22(33)32-12-3-2-5-17(32)14-30-19-9-7-16(13-29-19)23(24,25)26;1-2/h4,6-11,13,17H,2-3,5,12,14H2,1H3,(H,29,30);1-2H3. The molecule has 0 aromatic carbocycles. The molecule has 1 saturated heterocycles. The molecule has 1 N–H and O–H groups in total. The zero-order chi connectivity index (χ0) is 25.4. The molecule has 0 aliphatic carbocycles. The molecule has 4 heterocycles. The maximum Gasteiger partial charge on any atom is 0.417 e. The van der Waals surface area contributed by atoms with E-state index in [-0.39, 0.29) is 11.9 Å². The molecule has 1 unspecified atom stereocenters. The fraction of sp³-hybridized carbons (Fsp3) is 0.400. The molecule has 0 radical (unpaired) electrons. The van der Waals surface area contributed by atoms with Crippen LogP contribution in [0.15, 0.2) is 48.9 Å². The minimum Gasteiger partial charge on any atom is -0.368 e. The third kappa shape index (κ3) is 6.52. The molecule has 3 aromatic rings. The number of carbonyl (C=O) groups is 1. The van der Waals surface area contributed by atoms with Crippen molar-refractivity contribution >= 4 is 11.7 Å². The van der Waals surface area contributed by atoms with E-state index >= 15 is 0 Å². The summed E-state index contributed by atoms with van der Waals surface area (Å²) in [6.07, 6.45) is 2.18. The second-order valence-corrected chi connectivity index (χ2v) is 7.88. The molecule has 0 saturated carbocycles. The molecule has 4 rings (SSSR count). The molecule has 1 aliphatic rings. The summed E-state index contributed by atoms with van der Waals surface area (Å²) < 4.78 is 38.3. The van der Waals surface area contributed by atoms with Crippen LogP contribution in [0.1, 0.15) is 54.9 Å². The number of halogens is 3. The van der Waals surface area contributed by atoms with Gasteiger partial charge in [0.05, 0.1) is 11.1 Å². The van der Waals surface area contributed by atoms with Gasteiger partial charge in [-0.2, -0.15) is 13.2 Å². The number of carbonyl (C=O) groups excluding carboxylic acids is 1. The third-order valence-electron chi connectivity index (χ3n) is 5.54. The Morgan fingerprint density at radius 3 is 2.49 bits per heavy atom. The van der Waals surface area contributed by atoms with Gasteiger partial charge in [0.15, 0.2) is 5.82 Å². The van der Waals surface area contributed by atoms with Gasteiger partial charge in [0.25, 0.3) is 5.91 Å². The van der Waals surface area contributed by atoms with Crippen LogP contribution >= 0.6 is 0 Å². The molecule has 10 heteroatoms. The average molecular weight is 487 g/mol. The highest BCUT2D eigenvalue weighted by Crippen LogP contribution is 2.29. The quantitative estimate of drug-likeness (QED) is 0.520. The number of nitrogens with one attached hydrogen (secondary N) is 1. The van der Waals surface area contributed by atoms with Gasteiger partial charge in [0.2, 0.25) is 0 Å². The monoisotopic (exact) mass is 486 g/mol. The van der Waals surface area contributed by atoms with Gasteiger partial charge < -0.3 is 10.2 Å². The lowest BCUT2D eigenvalue weighted by Gasteiger charge is -2.36. The summed E-state index contributed by atoms with van der Waals surface area (Å²) in [6.45, 7) is 6.75. The molecule has 186 valence electrons. The number of aryl methyl sites for hydroxylation is 1. The van der Waals surface area contributed by atoms with E-state index in [2.05, 4.69) is 25.3 Å². The number of hydrogen-bond acceptors (Lipinski definition) is 6. The van der Waals surface area contributed by atoms with Crippen molar-refractivity contribution in [1.29, 1.82) is 0 Å². The van der Waals surface area contributed by atoms with Crippen molar-refractivity contribution in [3.8, 4) is 11.4 Å². The Hall–Kier alpha value is -3.56. The number of nitrogens with zero attached hydrogens (tertiary/aromatic N) is 5. The Morgan fingerprint density at radius 2 is 1.83 bits per heavy atom. The van der Waals surface area contributed by atoms with Gasteiger partial charge in [0, 0.05) is 43.4 Å². The molecule has 0 bridgehead atoms. The summed E-state index contributed by atoms with van der Waals surface area (Å²) >= 11 is 0. The Balaban J connectivity index is 0.00000167. The summed E-state index contributed by atoms with van der Waals surface area (Å²) in [5.41, 5.74) is 0.760. The van der Waals surface area contributed by atoms with Gasteiger partial charge in [-0.15, -0.1) is 0 Å². The van der Waals surface area contributed by atoms with Crippen molar-refractivity contribution in [2.75, 3.05) is 18.4 Å². The van der Waals surface area contributed by atoms with Crippen LogP contribution in [-0.2, 0) is 6.18 Å². The SMILES string of the molecule is CC.Cc1ccc(-c2ncccn2)c(C(=O)N2CCCCC2CNc2ccc(C(F)(F)F)cn2)n1. The number of likely N-dealkylation sites (tertiary alicyclic amines) is 1. The number of pyridine rings is 2. The van der Waals surface area contributed by atoms with Crippen molar-refractivity contribution in [3.05, 3.63) is 65.9 Å². The predicted molar refractivity (Wildman–Crippen MR) is 128 cm³/mol. The van der Waals surface area contributed by atoms with Crippen LogP contribution in [0.2, 0.25) is 0 Å². The van der Waals surface area contributed by atoms with Crippen LogP contribution in [0.4, 0.5) is 19.0 Å². The van der Waals surface area contributed by atoms with Gasteiger partial charge >= 0.3 is 6.18 Å². The third-order valence-corrected chi connectivity index (χ3v) is 5.54. The van der Waals surface area contributed by atoms with E-state index in [9.17, 15) is 18.0 Å². The zero-order valence-corrected chi connectivity index (χ0v) is 20.0. The van der Waals surface area contributed by atoms with Gasteiger partial charge in [-0.25, -0.2) is 19.9 Å². The van der Waals surface area contributed by atoms with Crippen LogP contribution in [0.25, 0.3) is 11.4 Å². The van der Waals surface area contributed by atoms with Crippen molar-refractivity contribution in [3.63, 3.8) is 0 Å². The highest BCUT2D eigenvalue weighted by atomic mass is 19.4. The van der Waals surface area contributed by atoms with E-state index < -0.39 is 11.7 Å². The van der Waals surface area contributed by atoms with Gasteiger partial charge in [-0.05, 0) is 56.5 Å². The van der Waals surface area contributed by atoms with E-state index in [1.165, 1.54) is 6.07 Å². The van der Waals surface area contributed by atoms with Crippen LogP contribution in [0, 0.1) is 6.92 Å². The van der Waals surface area contributed by atoms with Gasteiger partial charge in [-0.3, -0.25) is 4.79 Å². The minimum atomic E-state index is -4.43. The molecule has 1 aliphatic heterocycles. The van der Waals surface area contributed by atoms with Gasteiger partial charge in [-0.1, -0.05) is 13.8 Å². The van der Waals surface area contributed by atoms with Crippen LogP contribution < -0.4 is 5.32 Å². The number of hydrogen-bond donors (Lipinski definition) is 1. The van der Waals surface area contributed by atoms with Crippen molar-refractivity contribution in [2.45, 2.75) is 52.3 Å². The first-order valence-corrected chi connectivity index (χ1v) is 11.7. The molecule has 1 amide bonds. The van der Waals surface area contributed by atoms with E-state index in [1.54, 1.807) is 29.4 Å². The van der Waals surface area contributed by atoms with Gasteiger partial charge in [0.1, 0.15) is 11.5 Å². The topological polar surface area (TPSA) is 83.9 Å². The Bertz CT molecular complexity index is 1110. The summed E-state index contributed by atoms with van der Waals surface area (Å²) in [6, 6.07) is 7.45. The lowest BCUT2D eigenvalue weighted by Crippen LogP contribution is -2.47. The summed E-state index contributed by atoms with van der Waals surface area (Å²) in [7, 11) is 0. The number of anilines is 1. The Kier molecular flexibility index (Phi) is 8.73. The number of piperidine rings is 1. The van der Waals surface area contributed by atoms with E-state index in [0.29, 0.717) is 41.7 Å². The summed E-state index contributed by atoms with van der Waals surface area (Å²) in [5, 5.41) is 3.07. The highest BCUT2D eigenvalue weighted by Gasteiger charge is 2.32. The summed E-state index contributed by atoms with van der Waals surface area (Å²) in [5.74, 6) is 0.537. The van der Waals surface area contributed by atoms with Crippen LogP contribution in [0.5, 0.6) is 0 Å². The number of aromatic nitrogens is 4. The maximum atomic E-state index is 13.6. The van der Waals surface area contributed by atoms with Crippen LogP contribution in [0.3, 0.4) is 0 Å². The molecule has 1 fully saturated rings.